The lowest BCUT2D eigenvalue weighted by Gasteiger charge is -2.08. The molecule has 0 saturated carbocycles. The van der Waals surface area contributed by atoms with Gasteiger partial charge in [-0.15, -0.1) is 11.8 Å². The Kier molecular flexibility index (Phi) is 5.81. The van der Waals surface area contributed by atoms with Crippen molar-refractivity contribution in [1.29, 1.82) is 0 Å². The highest BCUT2D eigenvalue weighted by Gasteiger charge is 2.10. The van der Waals surface area contributed by atoms with Gasteiger partial charge in [-0.2, -0.15) is 0 Å². The molecule has 0 radical (unpaired) electrons. The number of furan rings is 1. The van der Waals surface area contributed by atoms with E-state index in [1.807, 2.05) is 72.8 Å². The Hall–Kier alpha value is -3.70. The second-order valence-electron chi connectivity index (χ2n) is 7.30. The van der Waals surface area contributed by atoms with Crippen molar-refractivity contribution in [3.8, 4) is 5.75 Å². The third-order valence-corrected chi connectivity index (χ3v) is 6.09. The molecule has 158 valence electrons. The van der Waals surface area contributed by atoms with Crippen LogP contribution in [0.4, 0.5) is 5.69 Å². The van der Waals surface area contributed by atoms with Gasteiger partial charge in [-0.1, -0.05) is 36.4 Å². The quantitative estimate of drug-likeness (QED) is 0.219. The summed E-state index contributed by atoms with van der Waals surface area (Å²) >= 11 is 1.75. The molecule has 0 saturated heterocycles. The van der Waals surface area contributed by atoms with Gasteiger partial charge in [0.1, 0.15) is 16.9 Å². The molecule has 0 aliphatic rings. The molecule has 5 rings (SSSR count). The zero-order chi connectivity index (χ0) is 21.8. The molecule has 1 aromatic heterocycles. The Balaban J connectivity index is 1.19. The highest BCUT2D eigenvalue weighted by Crippen LogP contribution is 2.30. The van der Waals surface area contributed by atoms with Gasteiger partial charge in [0, 0.05) is 38.7 Å². The van der Waals surface area contributed by atoms with Gasteiger partial charge in [-0.25, -0.2) is 0 Å². The highest BCUT2D eigenvalue weighted by molar-refractivity contribution is 7.99. The third-order valence-electron chi connectivity index (χ3n) is 5.12. The number of para-hydroxylation sites is 1. The molecule has 0 bridgehead atoms. The number of hydrogen-bond acceptors (Lipinski definition) is 4. The molecule has 32 heavy (non-hydrogen) atoms. The van der Waals surface area contributed by atoms with Crippen LogP contribution in [0.3, 0.4) is 0 Å². The van der Waals surface area contributed by atoms with E-state index in [0.717, 1.165) is 33.4 Å². The Labute approximate surface area is 190 Å². The number of ether oxygens (including phenoxy) is 1. The summed E-state index contributed by atoms with van der Waals surface area (Å²) in [6, 6.07) is 31.1. The van der Waals surface area contributed by atoms with E-state index in [1.54, 1.807) is 23.9 Å². The van der Waals surface area contributed by atoms with Crippen LogP contribution in [0, 0.1) is 0 Å². The summed E-state index contributed by atoms with van der Waals surface area (Å²) in [5, 5.41) is 5.04. The van der Waals surface area contributed by atoms with E-state index in [1.165, 1.54) is 4.90 Å². The zero-order valence-electron chi connectivity index (χ0n) is 17.3. The summed E-state index contributed by atoms with van der Waals surface area (Å²) in [6.07, 6.45) is 0. The van der Waals surface area contributed by atoms with Crippen molar-refractivity contribution in [3.05, 3.63) is 103 Å². The molecule has 0 fully saturated rings. The van der Waals surface area contributed by atoms with E-state index in [-0.39, 0.29) is 5.91 Å². The van der Waals surface area contributed by atoms with Crippen LogP contribution in [-0.2, 0) is 0 Å². The maximum atomic E-state index is 12.7. The number of rotatable bonds is 7. The molecular formula is C27H21NO3S. The van der Waals surface area contributed by atoms with Crippen LogP contribution in [0.5, 0.6) is 5.75 Å². The van der Waals surface area contributed by atoms with E-state index in [4.69, 9.17) is 9.15 Å². The van der Waals surface area contributed by atoms with Crippen molar-refractivity contribution in [1.82, 2.24) is 0 Å². The zero-order valence-corrected chi connectivity index (χ0v) is 18.1. The molecule has 0 spiro atoms. The molecular weight excluding hydrogens is 418 g/mol. The minimum Gasteiger partial charge on any atom is -0.493 e. The summed E-state index contributed by atoms with van der Waals surface area (Å²) in [6.45, 7) is 0.600. The number of hydrogen-bond donors (Lipinski definition) is 1. The molecule has 0 unspecified atom stereocenters. The number of carbonyl (C=O) groups is 1. The van der Waals surface area contributed by atoms with Gasteiger partial charge in [0.2, 0.25) is 0 Å². The van der Waals surface area contributed by atoms with Gasteiger partial charge in [0.25, 0.3) is 5.91 Å². The largest absolute Gasteiger partial charge is 0.493 e. The first-order valence-corrected chi connectivity index (χ1v) is 11.4. The fourth-order valence-corrected chi connectivity index (χ4v) is 4.30. The number of amides is 1. The van der Waals surface area contributed by atoms with Gasteiger partial charge in [-0.05, 0) is 54.6 Å². The number of anilines is 1. The van der Waals surface area contributed by atoms with E-state index in [2.05, 4.69) is 17.4 Å². The van der Waals surface area contributed by atoms with Crippen molar-refractivity contribution in [2.24, 2.45) is 0 Å². The van der Waals surface area contributed by atoms with Gasteiger partial charge >= 0.3 is 0 Å². The maximum Gasteiger partial charge on any atom is 0.255 e. The summed E-state index contributed by atoms with van der Waals surface area (Å²) in [7, 11) is 0. The smallest absolute Gasteiger partial charge is 0.255 e. The maximum absolute atomic E-state index is 12.7. The first-order valence-electron chi connectivity index (χ1n) is 10.4. The Morgan fingerprint density at radius 3 is 2.41 bits per heavy atom. The molecule has 5 heteroatoms. The summed E-state index contributed by atoms with van der Waals surface area (Å²) in [4.78, 5) is 13.9. The SMILES string of the molecule is O=C(Nc1ccc2c(c1)oc1ccccc12)c1ccc(OCCSc2ccccc2)cc1. The van der Waals surface area contributed by atoms with E-state index < -0.39 is 0 Å². The van der Waals surface area contributed by atoms with Crippen LogP contribution in [0.25, 0.3) is 21.9 Å². The molecule has 1 amide bonds. The lowest BCUT2D eigenvalue weighted by atomic mass is 10.1. The molecule has 5 aromatic rings. The van der Waals surface area contributed by atoms with Crippen molar-refractivity contribution < 1.29 is 13.9 Å². The monoisotopic (exact) mass is 439 g/mol. The van der Waals surface area contributed by atoms with E-state index >= 15 is 0 Å². The van der Waals surface area contributed by atoms with Crippen molar-refractivity contribution in [3.63, 3.8) is 0 Å². The van der Waals surface area contributed by atoms with Gasteiger partial charge in [0.15, 0.2) is 0 Å². The molecule has 4 aromatic carbocycles. The predicted octanol–water partition coefficient (Wildman–Crippen LogP) is 7.01. The number of carbonyl (C=O) groups excluding carboxylic acids is 1. The second kappa shape index (κ2) is 9.20. The molecule has 1 heterocycles. The number of thioether (sulfide) groups is 1. The summed E-state index contributed by atoms with van der Waals surface area (Å²) < 4.78 is 11.7. The average molecular weight is 440 g/mol. The Morgan fingerprint density at radius 1 is 0.812 bits per heavy atom. The average Bonchev–Trinajstić information content (AvgIpc) is 3.20. The summed E-state index contributed by atoms with van der Waals surface area (Å²) in [5.41, 5.74) is 2.85. The molecule has 4 nitrogen and oxygen atoms in total. The first-order chi connectivity index (χ1) is 15.8. The van der Waals surface area contributed by atoms with Gasteiger partial charge in [0.05, 0.1) is 6.61 Å². The van der Waals surface area contributed by atoms with E-state index in [9.17, 15) is 4.79 Å². The third kappa shape index (κ3) is 4.48. The molecule has 0 aliphatic heterocycles. The Bertz CT molecular complexity index is 1360. The highest BCUT2D eigenvalue weighted by atomic mass is 32.2. The molecule has 0 aliphatic carbocycles. The fourth-order valence-electron chi connectivity index (χ4n) is 3.55. The standard InChI is InChI=1S/C27H21NO3S/c29-27(28-20-12-15-24-23-8-4-5-9-25(23)31-26(24)18-20)19-10-13-21(14-11-19)30-16-17-32-22-6-2-1-3-7-22/h1-15,18H,16-17H2,(H,28,29). The van der Waals surface area contributed by atoms with Gasteiger partial charge < -0.3 is 14.5 Å². The van der Waals surface area contributed by atoms with Crippen LogP contribution in [0.1, 0.15) is 10.4 Å². The van der Waals surface area contributed by atoms with Crippen molar-refractivity contribution in [2.45, 2.75) is 4.90 Å². The fraction of sp³-hybridized carbons (Fsp3) is 0.0741. The van der Waals surface area contributed by atoms with Crippen LogP contribution < -0.4 is 10.1 Å². The van der Waals surface area contributed by atoms with Crippen LogP contribution in [0.2, 0.25) is 0 Å². The predicted molar refractivity (Wildman–Crippen MR) is 131 cm³/mol. The van der Waals surface area contributed by atoms with Crippen LogP contribution >= 0.6 is 11.8 Å². The number of nitrogens with one attached hydrogen (secondary N) is 1. The van der Waals surface area contributed by atoms with E-state index in [0.29, 0.717) is 17.9 Å². The molecule has 1 N–H and O–H groups in total. The lowest BCUT2D eigenvalue weighted by molar-refractivity contribution is 0.102. The minimum absolute atomic E-state index is 0.174. The molecule has 0 atom stereocenters. The first kappa shape index (κ1) is 20.2. The van der Waals surface area contributed by atoms with Gasteiger partial charge in [-0.3, -0.25) is 4.79 Å². The Morgan fingerprint density at radius 2 is 1.56 bits per heavy atom. The van der Waals surface area contributed by atoms with Crippen LogP contribution in [-0.4, -0.2) is 18.3 Å². The minimum atomic E-state index is -0.174. The van der Waals surface area contributed by atoms with Crippen molar-refractivity contribution in [2.75, 3.05) is 17.7 Å². The number of benzene rings is 4. The lowest BCUT2D eigenvalue weighted by Crippen LogP contribution is -2.11. The normalized spacial score (nSPS) is 11.0. The summed E-state index contributed by atoms with van der Waals surface area (Å²) in [5.74, 6) is 1.43. The number of fused-ring (bicyclic) bond motifs is 3. The van der Waals surface area contributed by atoms with Crippen molar-refractivity contribution >= 4 is 45.3 Å². The topological polar surface area (TPSA) is 51.5 Å². The van der Waals surface area contributed by atoms with Crippen LogP contribution in [0.15, 0.2) is 106 Å². The second-order valence-corrected chi connectivity index (χ2v) is 8.47.